The molecule has 1 unspecified atom stereocenters. The molecule has 7 nitrogen and oxygen atoms in total. The maximum atomic E-state index is 12.1. The summed E-state index contributed by atoms with van der Waals surface area (Å²) >= 11 is 0. The number of likely N-dealkylation sites (tertiary alicyclic amines) is 1. The zero-order valence-electron chi connectivity index (χ0n) is 13.6. The van der Waals surface area contributed by atoms with Crippen molar-refractivity contribution in [2.75, 3.05) is 19.6 Å². The van der Waals surface area contributed by atoms with Gasteiger partial charge < -0.3 is 15.6 Å². The van der Waals surface area contributed by atoms with Gasteiger partial charge in [-0.2, -0.15) is 4.98 Å². The van der Waals surface area contributed by atoms with Crippen molar-refractivity contribution in [3.8, 4) is 0 Å². The van der Waals surface area contributed by atoms with Crippen molar-refractivity contribution in [2.24, 2.45) is 11.7 Å². The lowest BCUT2D eigenvalue weighted by Gasteiger charge is -2.31. The summed E-state index contributed by atoms with van der Waals surface area (Å²) in [5.74, 6) is 1.56. The van der Waals surface area contributed by atoms with Crippen LogP contribution in [0.25, 0.3) is 0 Å². The van der Waals surface area contributed by atoms with Crippen molar-refractivity contribution in [3.05, 3.63) is 47.6 Å². The first kappa shape index (κ1) is 16.6. The van der Waals surface area contributed by atoms with Gasteiger partial charge in [-0.3, -0.25) is 9.69 Å². The van der Waals surface area contributed by atoms with Gasteiger partial charge >= 0.3 is 0 Å². The Kier molecular flexibility index (Phi) is 5.55. The van der Waals surface area contributed by atoms with E-state index in [0.717, 1.165) is 25.9 Å². The normalized spacial score (nSPS) is 18.5. The monoisotopic (exact) mass is 329 g/mol. The standard InChI is InChI=1S/C17H23N5O2/c18-9-16-20-15(21-24-16)12-22-8-4-5-13(11-22)10-19-17(23)14-6-2-1-3-7-14/h1-3,6-7,13H,4-5,8-12,18H2,(H,19,23). The van der Waals surface area contributed by atoms with Crippen LogP contribution >= 0.6 is 0 Å². The summed E-state index contributed by atoms with van der Waals surface area (Å²) in [5, 5.41) is 6.98. The molecule has 0 bridgehead atoms. The molecule has 24 heavy (non-hydrogen) atoms. The van der Waals surface area contributed by atoms with Crippen molar-refractivity contribution in [3.63, 3.8) is 0 Å². The van der Waals surface area contributed by atoms with Crippen LogP contribution in [0.15, 0.2) is 34.9 Å². The van der Waals surface area contributed by atoms with E-state index in [2.05, 4.69) is 20.4 Å². The Morgan fingerprint density at radius 3 is 2.96 bits per heavy atom. The number of nitrogens with zero attached hydrogens (tertiary/aromatic N) is 3. The van der Waals surface area contributed by atoms with Crippen LogP contribution in [0, 0.1) is 5.92 Å². The number of hydrogen-bond donors (Lipinski definition) is 2. The van der Waals surface area contributed by atoms with Crippen LogP contribution in [-0.2, 0) is 13.1 Å². The average molecular weight is 329 g/mol. The molecule has 1 fully saturated rings. The van der Waals surface area contributed by atoms with Gasteiger partial charge in [-0.25, -0.2) is 0 Å². The van der Waals surface area contributed by atoms with E-state index >= 15 is 0 Å². The van der Waals surface area contributed by atoms with Gasteiger partial charge in [-0.1, -0.05) is 23.4 Å². The summed E-state index contributed by atoms with van der Waals surface area (Å²) in [6, 6.07) is 9.31. The van der Waals surface area contributed by atoms with Gasteiger partial charge in [-0.15, -0.1) is 0 Å². The third-order valence-electron chi connectivity index (χ3n) is 4.24. The zero-order valence-corrected chi connectivity index (χ0v) is 13.6. The molecule has 1 aromatic carbocycles. The quantitative estimate of drug-likeness (QED) is 0.826. The van der Waals surface area contributed by atoms with Crippen LogP contribution in [-0.4, -0.2) is 40.6 Å². The highest BCUT2D eigenvalue weighted by Gasteiger charge is 2.22. The number of piperidine rings is 1. The molecule has 0 aliphatic carbocycles. The largest absolute Gasteiger partial charge is 0.352 e. The Balaban J connectivity index is 1.47. The number of aromatic nitrogens is 2. The molecule has 1 atom stereocenters. The van der Waals surface area contributed by atoms with Crippen LogP contribution < -0.4 is 11.1 Å². The minimum atomic E-state index is -0.0153. The second-order valence-corrected chi connectivity index (χ2v) is 6.13. The van der Waals surface area contributed by atoms with Crippen LogP contribution in [0.4, 0.5) is 0 Å². The Bertz CT molecular complexity index is 658. The maximum absolute atomic E-state index is 12.1. The Labute approximate surface area is 141 Å². The molecule has 2 heterocycles. The van der Waals surface area contributed by atoms with E-state index in [1.807, 2.05) is 30.3 Å². The molecule has 2 aromatic rings. The molecule has 0 radical (unpaired) electrons. The van der Waals surface area contributed by atoms with E-state index in [1.54, 1.807) is 0 Å². The van der Waals surface area contributed by atoms with Crippen molar-refractivity contribution in [2.45, 2.75) is 25.9 Å². The number of carbonyl (C=O) groups excluding carboxylic acids is 1. The van der Waals surface area contributed by atoms with Gasteiger partial charge in [0, 0.05) is 18.7 Å². The summed E-state index contributed by atoms with van der Waals surface area (Å²) in [6.07, 6.45) is 2.22. The minimum Gasteiger partial charge on any atom is -0.352 e. The van der Waals surface area contributed by atoms with E-state index in [9.17, 15) is 4.79 Å². The molecule has 1 saturated heterocycles. The third kappa shape index (κ3) is 4.39. The van der Waals surface area contributed by atoms with Crippen molar-refractivity contribution in [1.29, 1.82) is 0 Å². The molecular weight excluding hydrogens is 306 g/mol. The second kappa shape index (κ2) is 8.03. The van der Waals surface area contributed by atoms with Gasteiger partial charge in [0.15, 0.2) is 5.82 Å². The fourth-order valence-corrected chi connectivity index (χ4v) is 3.03. The Morgan fingerprint density at radius 1 is 1.38 bits per heavy atom. The summed E-state index contributed by atoms with van der Waals surface area (Å²) < 4.78 is 5.04. The molecule has 3 rings (SSSR count). The predicted molar refractivity (Wildman–Crippen MR) is 89.0 cm³/mol. The summed E-state index contributed by atoms with van der Waals surface area (Å²) in [5.41, 5.74) is 6.18. The number of nitrogens with two attached hydrogens (primary N) is 1. The summed E-state index contributed by atoms with van der Waals surface area (Å²) in [6.45, 7) is 3.54. The lowest BCUT2D eigenvalue weighted by atomic mass is 9.98. The minimum absolute atomic E-state index is 0.0153. The van der Waals surface area contributed by atoms with Crippen molar-refractivity contribution < 1.29 is 9.32 Å². The fraction of sp³-hybridized carbons (Fsp3) is 0.471. The first-order chi connectivity index (χ1) is 11.7. The molecule has 128 valence electrons. The van der Waals surface area contributed by atoms with Gasteiger partial charge in [0.2, 0.25) is 5.89 Å². The molecule has 1 amide bonds. The van der Waals surface area contributed by atoms with Gasteiger partial charge in [-0.05, 0) is 37.4 Å². The molecule has 0 saturated carbocycles. The highest BCUT2D eigenvalue weighted by molar-refractivity contribution is 5.94. The molecular formula is C17H23N5O2. The van der Waals surface area contributed by atoms with Crippen LogP contribution in [0.3, 0.4) is 0 Å². The molecule has 1 aromatic heterocycles. The van der Waals surface area contributed by atoms with Gasteiger partial charge in [0.05, 0.1) is 13.1 Å². The number of amides is 1. The van der Waals surface area contributed by atoms with E-state index in [0.29, 0.717) is 36.3 Å². The van der Waals surface area contributed by atoms with Gasteiger partial charge in [0.1, 0.15) is 0 Å². The second-order valence-electron chi connectivity index (χ2n) is 6.13. The average Bonchev–Trinajstić information content (AvgIpc) is 3.08. The third-order valence-corrected chi connectivity index (χ3v) is 4.24. The molecule has 0 spiro atoms. The lowest BCUT2D eigenvalue weighted by molar-refractivity contribution is 0.0929. The number of carbonyl (C=O) groups is 1. The van der Waals surface area contributed by atoms with E-state index in [1.165, 1.54) is 0 Å². The number of nitrogens with one attached hydrogen (secondary N) is 1. The topological polar surface area (TPSA) is 97.3 Å². The number of benzene rings is 1. The summed E-state index contributed by atoms with van der Waals surface area (Å²) in [4.78, 5) is 18.7. The van der Waals surface area contributed by atoms with Crippen LogP contribution in [0.1, 0.15) is 34.9 Å². The van der Waals surface area contributed by atoms with Crippen LogP contribution in [0.2, 0.25) is 0 Å². The highest BCUT2D eigenvalue weighted by atomic mass is 16.5. The van der Waals surface area contributed by atoms with Gasteiger partial charge in [0.25, 0.3) is 5.91 Å². The number of rotatable bonds is 6. The SMILES string of the molecule is NCc1nc(CN2CCCC(CNC(=O)c3ccccc3)C2)no1. The lowest BCUT2D eigenvalue weighted by Crippen LogP contribution is -2.40. The smallest absolute Gasteiger partial charge is 0.251 e. The Morgan fingerprint density at radius 2 is 2.21 bits per heavy atom. The summed E-state index contributed by atoms with van der Waals surface area (Å²) in [7, 11) is 0. The zero-order chi connectivity index (χ0) is 16.8. The highest BCUT2D eigenvalue weighted by Crippen LogP contribution is 2.17. The molecule has 7 heteroatoms. The van der Waals surface area contributed by atoms with Crippen molar-refractivity contribution >= 4 is 5.91 Å². The van der Waals surface area contributed by atoms with E-state index in [-0.39, 0.29) is 12.5 Å². The molecule has 1 aliphatic rings. The molecule has 3 N–H and O–H groups in total. The van der Waals surface area contributed by atoms with Crippen molar-refractivity contribution in [1.82, 2.24) is 20.4 Å². The van der Waals surface area contributed by atoms with E-state index in [4.69, 9.17) is 10.3 Å². The fourth-order valence-electron chi connectivity index (χ4n) is 3.03. The Hall–Kier alpha value is -2.25. The maximum Gasteiger partial charge on any atom is 0.251 e. The number of hydrogen-bond acceptors (Lipinski definition) is 6. The van der Waals surface area contributed by atoms with Crippen LogP contribution in [0.5, 0.6) is 0 Å². The molecule has 1 aliphatic heterocycles. The first-order valence-corrected chi connectivity index (χ1v) is 8.31. The first-order valence-electron chi connectivity index (χ1n) is 8.31. The van der Waals surface area contributed by atoms with E-state index < -0.39 is 0 Å². The predicted octanol–water partition coefficient (Wildman–Crippen LogP) is 1.17.